The molecule has 2 amide bonds. The number of benzene rings is 2. The molecule has 3 aromatic rings. The topological polar surface area (TPSA) is 96.2 Å². The predicted octanol–water partition coefficient (Wildman–Crippen LogP) is 1.98. The summed E-state index contributed by atoms with van der Waals surface area (Å²) < 4.78 is 14.6. The van der Waals surface area contributed by atoms with Crippen LogP contribution in [0.1, 0.15) is 5.56 Å². The van der Waals surface area contributed by atoms with Gasteiger partial charge in [-0.3, -0.25) is 14.5 Å². The van der Waals surface area contributed by atoms with Gasteiger partial charge in [0, 0.05) is 31.9 Å². The summed E-state index contributed by atoms with van der Waals surface area (Å²) in [7, 11) is 0. The first-order chi connectivity index (χ1) is 16.0. The molecule has 0 aliphatic carbocycles. The molecule has 0 radical (unpaired) electrons. The molecule has 11 heteroatoms. The van der Waals surface area contributed by atoms with Crippen molar-refractivity contribution >= 4 is 29.3 Å². The first-order valence-electron chi connectivity index (χ1n) is 10.5. The van der Waals surface area contributed by atoms with Crippen LogP contribution in [0.2, 0.25) is 0 Å². The van der Waals surface area contributed by atoms with Crippen molar-refractivity contribution in [2.75, 3.05) is 43.8 Å². The second-order valence-corrected chi connectivity index (χ2v) is 8.65. The molecular formula is C22H24FN7O2S. The third-order valence-corrected chi connectivity index (χ3v) is 6.17. The highest BCUT2D eigenvalue weighted by molar-refractivity contribution is 7.99. The molecule has 0 spiro atoms. The van der Waals surface area contributed by atoms with E-state index in [1.54, 1.807) is 9.58 Å². The molecule has 0 atom stereocenters. The van der Waals surface area contributed by atoms with Gasteiger partial charge < -0.3 is 10.2 Å². The third kappa shape index (κ3) is 6.14. The minimum absolute atomic E-state index is 0.00821. The quantitative estimate of drug-likeness (QED) is 0.529. The number of piperazine rings is 1. The number of hydrogen-bond donors (Lipinski definition) is 1. The molecule has 4 rings (SSSR count). The van der Waals surface area contributed by atoms with E-state index >= 15 is 0 Å². The van der Waals surface area contributed by atoms with E-state index in [2.05, 4.69) is 20.8 Å². The van der Waals surface area contributed by atoms with Crippen molar-refractivity contribution < 1.29 is 14.0 Å². The number of tetrazole rings is 1. The Hall–Kier alpha value is -3.31. The SMILES string of the molecule is Cc1ccc(-n2nnnc2SCC(=O)N2CCN(CC(=O)Nc3ccc(F)cc3)CC2)cc1. The number of aryl methyl sites for hydroxylation is 1. The number of hydrogen-bond acceptors (Lipinski definition) is 7. The standard InChI is InChI=1S/C22H24FN7O2S/c1-16-2-8-19(9-3-16)30-22(25-26-27-30)33-15-21(32)29-12-10-28(11-13-29)14-20(31)24-18-6-4-17(23)5-7-18/h2-9H,10-15H2,1H3,(H,24,31). The van der Waals surface area contributed by atoms with Gasteiger partial charge in [-0.25, -0.2) is 4.39 Å². The highest BCUT2D eigenvalue weighted by Crippen LogP contribution is 2.19. The smallest absolute Gasteiger partial charge is 0.238 e. The van der Waals surface area contributed by atoms with Gasteiger partial charge in [0.2, 0.25) is 17.0 Å². The molecule has 1 aliphatic heterocycles. The maximum Gasteiger partial charge on any atom is 0.238 e. The number of nitrogens with zero attached hydrogens (tertiary/aromatic N) is 6. The molecule has 1 fully saturated rings. The highest BCUT2D eigenvalue weighted by Gasteiger charge is 2.23. The lowest BCUT2D eigenvalue weighted by Gasteiger charge is -2.34. The number of amides is 2. The summed E-state index contributed by atoms with van der Waals surface area (Å²) in [5.74, 6) is -0.274. The molecule has 9 nitrogen and oxygen atoms in total. The zero-order valence-corrected chi connectivity index (χ0v) is 19.0. The summed E-state index contributed by atoms with van der Waals surface area (Å²) in [5.41, 5.74) is 2.54. The lowest BCUT2D eigenvalue weighted by molar-refractivity contribution is -0.130. The molecule has 172 valence electrons. The number of thioether (sulfide) groups is 1. The van der Waals surface area contributed by atoms with Crippen LogP contribution in [-0.4, -0.2) is 80.3 Å². The Morgan fingerprint density at radius 1 is 1.03 bits per heavy atom. The predicted molar refractivity (Wildman–Crippen MR) is 123 cm³/mol. The molecule has 1 aliphatic rings. The second kappa shape index (κ2) is 10.5. The molecular weight excluding hydrogens is 445 g/mol. The van der Waals surface area contributed by atoms with Crippen molar-refractivity contribution in [1.82, 2.24) is 30.0 Å². The van der Waals surface area contributed by atoms with Gasteiger partial charge in [0.15, 0.2) is 0 Å². The van der Waals surface area contributed by atoms with E-state index in [-0.39, 0.29) is 29.9 Å². The maximum atomic E-state index is 13.0. The van der Waals surface area contributed by atoms with Gasteiger partial charge in [-0.2, -0.15) is 4.68 Å². The lowest BCUT2D eigenvalue weighted by Crippen LogP contribution is -2.50. The van der Waals surface area contributed by atoms with E-state index < -0.39 is 0 Å². The summed E-state index contributed by atoms with van der Waals surface area (Å²) in [6, 6.07) is 13.5. The van der Waals surface area contributed by atoms with Crippen LogP contribution >= 0.6 is 11.8 Å². The molecule has 1 saturated heterocycles. The van der Waals surface area contributed by atoms with Crippen LogP contribution in [0.25, 0.3) is 5.69 Å². The molecule has 2 aromatic carbocycles. The van der Waals surface area contributed by atoms with Gasteiger partial charge in [-0.15, -0.1) is 5.10 Å². The van der Waals surface area contributed by atoms with Crippen LogP contribution in [0.15, 0.2) is 53.7 Å². The summed E-state index contributed by atoms with van der Waals surface area (Å²) in [5, 5.41) is 15.1. The van der Waals surface area contributed by atoms with Gasteiger partial charge in [0.1, 0.15) is 5.82 Å². The Morgan fingerprint density at radius 2 is 1.73 bits per heavy atom. The number of anilines is 1. The number of carbonyl (C=O) groups is 2. The van der Waals surface area contributed by atoms with Gasteiger partial charge >= 0.3 is 0 Å². The van der Waals surface area contributed by atoms with Gasteiger partial charge in [-0.05, 0) is 53.7 Å². The average Bonchev–Trinajstić information content (AvgIpc) is 3.28. The van der Waals surface area contributed by atoms with Crippen LogP contribution in [0.5, 0.6) is 0 Å². The molecule has 1 N–H and O–H groups in total. The van der Waals surface area contributed by atoms with Crippen molar-refractivity contribution in [1.29, 1.82) is 0 Å². The van der Waals surface area contributed by atoms with Crippen molar-refractivity contribution in [3.05, 3.63) is 59.9 Å². The second-order valence-electron chi connectivity index (χ2n) is 7.71. The van der Waals surface area contributed by atoms with E-state index in [0.29, 0.717) is 37.0 Å². The normalized spacial score (nSPS) is 14.3. The van der Waals surface area contributed by atoms with Crippen molar-refractivity contribution in [3.8, 4) is 5.69 Å². The Labute approximate surface area is 194 Å². The maximum absolute atomic E-state index is 13.0. The number of carbonyl (C=O) groups excluding carboxylic acids is 2. The monoisotopic (exact) mass is 469 g/mol. The van der Waals surface area contributed by atoms with Crippen LogP contribution in [0.4, 0.5) is 10.1 Å². The van der Waals surface area contributed by atoms with E-state index in [9.17, 15) is 14.0 Å². The number of rotatable bonds is 7. The zero-order valence-electron chi connectivity index (χ0n) is 18.1. The number of halogens is 1. The van der Waals surface area contributed by atoms with Gasteiger partial charge in [0.05, 0.1) is 18.0 Å². The fourth-order valence-electron chi connectivity index (χ4n) is 3.43. The highest BCUT2D eigenvalue weighted by atomic mass is 32.2. The molecule has 0 unspecified atom stereocenters. The third-order valence-electron chi connectivity index (χ3n) is 5.26. The van der Waals surface area contributed by atoms with E-state index in [1.807, 2.05) is 36.1 Å². The van der Waals surface area contributed by atoms with Gasteiger partial charge in [0.25, 0.3) is 0 Å². The van der Waals surface area contributed by atoms with Gasteiger partial charge in [-0.1, -0.05) is 29.5 Å². The molecule has 1 aromatic heterocycles. The van der Waals surface area contributed by atoms with Crippen molar-refractivity contribution in [3.63, 3.8) is 0 Å². The molecule has 2 heterocycles. The Balaban J connectivity index is 1.22. The molecule has 0 bridgehead atoms. The first kappa shape index (κ1) is 22.9. The Bertz CT molecular complexity index is 1100. The first-order valence-corrected chi connectivity index (χ1v) is 11.5. The minimum Gasteiger partial charge on any atom is -0.339 e. The summed E-state index contributed by atoms with van der Waals surface area (Å²) in [6.07, 6.45) is 0. The Morgan fingerprint density at radius 3 is 2.42 bits per heavy atom. The van der Waals surface area contributed by atoms with E-state index in [0.717, 1.165) is 11.3 Å². The van der Waals surface area contributed by atoms with E-state index in [1.165, 1.54) is 36.0 Å². The number of aromatic nitrogens is 4. The van der Waals surface area contributed by atoms with Crippen LogP contribution in [-0.2, 0) is 9.59 Å². The summed E-state index contributed by atoms with van der Waals surface area (Å²) in [6.45, 7) is 4.54. The van der Waals surface area contributed by atoms with Crippen LogP contribution in [0.3, 0.4) is 0 Å². The summed E-state index contributed by atoms with van der Waals surface area (Å²) >= 11 is 1.30. The Kier molecular flexibility index (Phi) is 7.30. The van der Waals surface area contributed by atoms with Crippen molar-refractivity contribution in [2.45, 2.75) is 12.1 Å². The van der Waals surface area contributed by atoms with E-state index in [4.69, 9.17) is 0 Å². The number of nitrogens with one attached hydrogen (secondary N) is 1. The minimum atomic E-state index is -0.349. The van der Waals surface area contributed by atoms with Crippen molar-refractivity contribution in [2.24, 2.45) is 0 Å². The van der Waals surface area contributed by atoms with Crippen LogP contribution in [0, 0.1) is 12.7 Å². The lowest BCUT2D eigenvalue weighted by atomic mass is 10.2. The molecule has 0 saturated carbocycles. The zero-order chi connectivity index (χ0) is 23.2. The summed E-state index contributed by atoms with van der Waals surface area (Å²) in [4.78, 5) is 28.7. The fourth-order valence-corrected chi connectivity index (χ4v) is 4.22. The largest absolute Gasteiger partial charge is 0.339 e. The average molecular weight is 470 g/mol. The molecule has 33 heavy (non-hydrogen) atoms. The van der Waals surface area contributed by atoms with Crippen LogP contribution < -0.4 is 5.32 Å². The fraction of sp³-hybridized carbons (Fsp3) is 0.318.